The Morgan fingerprint density at radius 3 is 2.22 bits per heavy atom. The first-order valence-corrected chi connectivity index (χ1v) is 15.2. The Kier molecular flexibility index (Phi) is 14.5. The Morgan fingerprint density at radius 1 is 0.911 bits per heavy atom. The van der Waals surface area contributed by atoms with E-state index in [-0.39, 0.29) is 25.4 Å². The van der Waals surface area contributed by atoms with Crippen LogP contribution in [0.2, 0.25) is 0 Å². The van der Waals surface area contributed by atoms with E-state index in [0.29, 0.717) is 43.1 Å². The fourth-order valence-electron chi connectivity index (χ4n) is 4.97. The van der Waals surface area contributed by atoms with Crippen molar-refractivity contribution in [2.24, 2.45) is 11.8 Å². The first-order chi connectivity index (χ1) is 21.8. The molecule has 4 amide bonds. The summed E-state index contributed by atoms with van der Waals surface area (Å²) in [6.07, 6.45) is 3.68. The molecule has 4 atom stereocenters. The number of hydrogen-bond acceptors (Lipinski definition) is 7. The highest BCUT2D eigenvalue weighted by molar-refractivity contribution is 5.96. The van der Waals surface area contributed by atoms with Gasteiger partial charge in [0.15, 0.2) is 0 Å². The maximum atomic E-state index is 13.7. The molecule has 1 unspecified atom stereocenters. The molecule has 0 aliphatic rings. The van der Waals surface area contributed by atoms with Gasteiger partial charge in [0.25, 0.3) is 0 Å². The van der Waals surface area contributed by atoms with Gasteiger partial charge in [-0.05, 0) is 68.2 Å². The van der Waals surface area contributed by atoms with Crippen molar-refractivity contribution >= 4 is 30.1 Å². The number of carbonyl (C=O) groups excluding carboxylic acids is 4. The van der Waals surface area contributed by atoms with Gasteiger partial charge in [-0.25, -0.2) is 14.8 Å². The van der Waals surface area contributed by atoms with Crippen molar-refractivity contribution in [2.75, 3.05) is 11.9 Å². The zero-order chi connectivity index (χ0) is 32.4. The van der Waals surface area contributed by atoms with Crippen LogP contribution in [0.3, 0.4) is 0 Å². The summed E-state index contributed by atoms with van der Waals surface area (Å²) in [7, 11) is 0. The van der Waals surface area contributed by atoms with E-state index in [1.807, 2.05) is 67.6 Å². The second kappa shape index (κ2) is 18.8. The van der Waals surface area contributed by atoms with Crippen molar-refractivity contribution in [1.82, 2.24) is 20.7 Å². The third-order valence-electron chi connectivity index (χ3n) is 7.48. The maximum Gasteiger partial charge on any atom is 0.407 e. The Bertz CT molecular complexity index is 1330. The number of carbonyl (C=O) groups is 4. The first kappa shape index (κ1) is 34.7. The van der Waals surface area contributed by atoms with Gasteiger partial charge in [0.1, 0.15) is 18.5 Å². The number of alkyl carbamates (subject to hydrolysis) is 1. The molecule has 0 saturated heterocycles. The van der Waals surface area contributed by atoms with Gasteiger partial charge in [0, 0.05) is 12.7 Å². The minimum Gasteiger partial charge on any atom is -0.445 e. The van der Waals surface area contributed by atoms with E-state index in [4.69, 9.17) is 4.74 Å². The van der Waals surface area contributed by atoms with Crippen LogP contribution in [0.1, 0.15) is 50.7 Å². The first-order valence-electron chi connectivity index (χ1n) is 15.2. The SMILES string of the molecule is CC(Cc1ccccc1)C[C@@H](C(=O)N[C@@H](CCCCNC(=O)OCc1ccccc1)C(=O)Nc1ccccn1)[C@H](C)N(O)C=O. The number of amides is 4. The monoisotopic (exact) mass is 617 g/mol. The molecule has 0 fully saturated rings. The third-order valence-corrected chi connectivity index (χ3v) is 7.48. The fourth-order valence-corrected chi connectivity index (χ4v) is 4.97. The molecule has 0 saturated carbocycles. The Morgan fingerprint density at radius 2 is 1.58 bits per heavy atom. The van der Waals surface area contributed by atoms with Crippen LogP contribution in [0.15, 0.2) is 85.1 Å². The molecule has 11 nitrogen and oxygen atoms in total. The molecule has 0 radical (unpaired) electrons. The summed E-state index contributed by atoms with van der Waals surface area (Å²) in [6.45, 7) is 4.09. The molecule has 0 spiro atoms. The van der Waals surface area contributed by atoms with Crippen LogP contribution in [0.5, 0.6) is 0 Å². The average Bonchev–Trinajstić information content (AvgIpc) is 3.06. The fraction of sp³-hybridized carbons (Fsp3) is 0.382. The molecule has 1 heterocycles. The van der Waals surface area contributed by atoms with Crippen molar-refractivity contribution in [3.05, 3.63) is 96.2 Å². The van der Waals surface area contributed by atoms with Crippen LogP contribution >= 0.6 is 0 Å². The zero-order valence-corrected chi connectivity index (χ0v) is 25.8. The van der Waals surface area contributed by atoms with Gasteiger partial charge in [-0.1, -0.05) is 73.7 Å². The molecule has 4 N–H and O–H groups in total. The van der Waals surface area contributed by atoms with E-state index < -0.39 is 35.9 Å². The van der Waals surface area contributed by atoms with E-state index in [2.05, 4.69) is 20.9 Å². The van der Waals surface area contributed by atoms with E-state index >= 15 is 0 Å². The summed E-state index contributed by atoms with van der Waals surface area (Å²) in [5.74, 6) is -1.30. The number of hydrogen-bond donors (Lipinski definition) is 4. The smallest absolute Gasteiger partial charge is 0.407 e. The molecule has 1 aromatic heterocycles. The normalized spacial score (nSPS) is 13.4. The number of pyridine rings is 1. The van der Waals surface area contributed by atoms with Crippen LogP contribution in [0, 0.1) is 11.8 Å². The predicted molar refractivity (Wildman–Crippen MR) is 170 cm³/mol. The summed E-state index contributed by atoms with van der Waals surface area (Å²) < 4.78 is 5.23. The van der Waals surface area contributed by atoms with E-state index in [9.17, 15) is 24.4 Å². The standard InChI is InChI=1S/C34H43N5O6/c1-25(21-27-13-5-3-6-14-27)22-29(26(2)39(44)24-40)32(41)37-30(33(42)38-31-18-10-12-19-35-31)17-9-11-20-36-34(43)45-23-28-15-7-4-8-16-28/h3-8,10,12-16,18-19,24-26,29-30,44H,9,11,17,20-23H2,1-2H3,(H,36,43)(H,37,41)(H,35,38,42)/t25?,26-,29+,30-/m0/s1. The average molecular weight is 618 g/mol. The second-order valence-corrected chi connectivity index (χ2v) is 11.1. The molecule has 45 heavy (non-hydrogen) atoms. The molecule has 11 heteroatoms. The van der Waals surface area contributed by atoms with E-state index in [1.165, 1.54) is 0 Å². The molecular weight excluding hydrogens is 574 g/mol. The highest BCUT2D eigenvalue weighted by Gasteiger charge is 2.33. The van der Waals surface area contributed by atoms with Gasteiger partial charge in [-0.3, -0.25) is 19.6 Å². The zero-order valence-electron chi connectivity index (χ0n) is 25.8. The van der Waals surface area contributed by atoms with Crippen LogP contribution in [-0.4, -0.2) is 58.2 Å². The molecule has 2 aromatic carbocycles. The van der Waals surface area contributed by atoms with Gasteiger partial charge in [0.05, 0.1) is 12.0 Å². The highest BCUT2D eigenvalue weighted by Crippen LogP contribution is 2.23. The lowest BCUT2D eigenvalue weighted by Gasteiger charge is -2.30. The number of rotatable bonds is 18. The molecule has 3 aromatic rings. The van der Waals surface area contributed by atoms with Gasteiger partial charge in [-0.15, -0.1) is 0 Å². The summed E-state index contributed by atoms with van der Waals surface area (Å²) in [6, 6.07) is 22.6. The van der Waals surface area contributed by atoms with Crippen molar-refractivity contribution < 1.29 is 29.1 Å². The van der Waals surface area contributed by atoms with Gasteiger partial charge >= 0.3 is 6.09 Å². The topological polar surface area (TPSA) is 150 Å². The summed E-state index contributed by atoms with van der Waals surface area (Å²) >= 11 is 0. The van der Waals surface area contributed by atoms with Crippen LogP contribution in [-0.2, 0) is 32.1 Å². The molecule has 0 aliphatic carbocycles. The Labute approximate surface area is 264 Å². The minimum atomic E-state index is -0.924. The van der Waals surface area contributed by atoms with Crippen LogP contribution in [0.4, 0.5) is 10.6 Å². The van der Waals surface area contributed by atoms with E-state index in [1.54, 1.807) is 31.3 Å². The van der Waals surface area contributed by atoms with Crippen molar-refractivity contribution in [1.29, 1.82) is 0 Å². The molecular formula is C34H43N5O6. The number of nitrogens with one attached hydrogen (secondary N) is 3. The lowest BCUT2D eigenvalue weighted by molar-refractivity contribution is -0.166. The van der Waals surface area contributed by atoms with Crippen LogP contribution in [0.25, 0.3) is 0 Å². The molecule has 0 bridgehead atoms. The molecule has 240 valence electrons. The number of aromatic nitrogens is 1. The Balaban J connectivity index is 1.61. The minimum absolute atomic E-state index is 0.0409. The summed E-state index contributed by atoms with van der Waals surface area (Å²) in [5.41, 5.74) is 1.99. The predicted octanol–water partition coefficient (Wildman–Crippen LogP) is 4.72. The highest BCUT2D eigenvalue weighted by atomic mass is 16.5. The number of nitrogens with zero attached hydrogens (tertiary/aromatic N) is 2. The van der Waals surface area contributed by atoms with Crippen molar-refractivity contribution in [3.8, 4) is 0 Å². The lowest BCUT2D eigenvalue weighted by atomic mass is 9.86. The number of anilines is 1. The number of ether oxygens (including phenoxy) is 1. The summed E-state index contributed by atoms with van der Waals surface area (Å²) in [4.78, 5) is 54.6. The second-order valence-electron chi connectivity index (χ2n) is 11.1. The number of benzene rings is 2. The van der Waals surface area contributed by atoms with Crippen molar-refractivity contribution in [3.63, 3.8) is 0 Å². The lowest BCUT2D eigenvalue weighted by Crippen LogP contribution is -2.50. The summed E-state index contributed by atoms with van der Waals surface area (Å²) in [5, 5.41) is 19.0. The van der Waals surface area contributed by atoms with Crippen LogP contribution < -0.4 is 16.0 Å². The van der Waals surface area contributed by atoms with Crippen molar-refractivity contribution in [2.45, 2.75) is 64.6 Å². The number of unbranched alkanes of at least 4 members (excludes halogenated alkanes) is 1. The quantitative estimate of drug-likeness (QED) is 0.0698. The van der Waals surface area contributed by atoms with Gasteiger partial charge < -0.3 is 20.7 Å². The van der Waals surface area contributed by atoms with Gasteiger partial charge in [0.2, 0.25) is 18.2 Å². The van der Waals surface area contributed by atoms with Gasteiger partial charge in [-0.2, -0.15) is 0 Å². The Hall–Kier alpha value is -4.77. The number of hydroxylamine groups is 2. The molecule has 0 aliphatic heterocycles. The molecule has 3 rings (SSSR count). The maximum absolute atomic E-state index is 13.7. The largest absolute Gasteiger partial charge is 0.445 e. The third kappa shape index (κ3) is 12.4. The van der Waals surface area contributed by atoms with E-state index in [0.717, 1.165) is 11.1 Å².